The lowest BCUT2D eigenvalue weighted by Crippen LogP contribution is -2.02. The van der Waals surface area contributed by atoms with Crippen LogP contribution in [0.3, 0.4) is 0 Å². The van der Waals surface area contributed by atoms with Crippen molar-refractivity contribution in [1.29, 1.82) is 0 Å². The van der Waals surface area contributed by atoms with Crippen molar-refractivity contribution >= 4 is 11.8 Å². The maximum absolute atomic E-state index is 5.71. The summed E-state index contributed by atoms with van der Waals surface area (Å²) in [6, 6.07) is 20.3. The van der Waals surface area contributed by atoms with E-state index >= 15 is 0 Å². The first kappa shape index (κ1) is 20.2. The number of para-hydroxylation sites is 1. The Hall–Kier alpha value is -3.71. The smallest absolute Gasteiger partial charge is 0.226 e. The summed E-state index contributed by atoms with van der Waals surface area (Å²) >= 11 is 1.58. The molecule has 3 heterocycles. The van der Waals surface area contributed by atoms with Gasteiger partial charge in [-0.1, -0.05) is 47.7 Å². The van der Waals surface area contributed by atoms with Crippen LogP contribution in [-0.2, 0) is 5.75 Å². The van der Waals surface area contributed by atoms with Crippen LogP contribution < -0.4 is 0 Å². The molecule has 6 nitrogen and oxygen atoms in total. The van der Waals surface area contributed by atoms with E-state index in [1.54, 1.807) is 30.4 Å². The third-order valence-electron chi connectivity index (χ3n) is 5.13. The molecule has 5 aromatic rings. The van der Waals surface area contributed by atoms with E-state index in [9.17, 15) is 0 Å². The average molecular weight is 440 g/mol. The second-order valence-corrected chi connectivity index (χ2v) is 8.41. The number of nitrogens with zero attached hydrogens (tertiary/aromatic N) is 5. The number of hydrogen-bond donors (Lipinski definition) is 0. The maximum atomic E-state index is 5.71. The zero-order valence-corrected chi connectivity index (χ0v) is 18.6. The third-order valence-corrected chi connectivity index (χ3v) is 6.09. The van der Waals surface area contributed by atoms with Crippen LogP contribution in [0.1, 0.15) is 16.8 Å². The maximum Gasteiger partial charge on any atom is 0.226 e. The second-order valence-electron chi connectivity index (χ2n) is 7.46. The van der Waals surface area contributed by atoms with Gasteiger partial charge in [-0.3, -0.25) is 9.55 Å². The van der Waals surface area contributed by atoms with Gasteiger partial charge in [-0.2, -0.15) is 0 Å². The largest absolute Gasteiger partial charge is 0.444 e. The van der Waals surface area contributed by atoms with Gasteiger partial charge in [-0.05, 0) is 49.7 Å². The van der Waals surface area contributed by atoms with Gasteiger partial charge in [0.05, 0.1) is 11.4 Å². The monoisotopic (exact) mass is 439 g/mol. The summed E-state index contributed by atoms with van der Waals surface area (Å²) in [7, 11) is 0. The Labute approximate surface area is 190 Å². The Morgan fingerprint density at radius 3 is 2.44 bits per heavy atom. The zero-order valence-electron chi connectivity index (χ0n) is 17.8. The van der Waals surface area contributed by atoms with Gasteiger partial charge in [-0.25, -0.2) is 4.98 Å². The fourth-order valence-electron chi connectivity index (χ4n) is 3.42. The van der Waals surface area contributed by atoms with E-state index in [1.165, 1.54) is 5.56 Å². The average Bonchev–Trinajstić information content (AvgIpc) is 3.46. The van der Waals surface area contributed by atoms with Crippen molar-refractivity contribution in [2.45, 2.75) is 24.8 Å². The van der Waals surface area contributed by atoms with E-state index in [0.717, 1.165) is 39.1 Å². The highest BCUT2D eigenvalue weighted by atomic mass is 32.2. The Balaban J connectivity index is 1.45. The summed E-state index contributed by atoms with van der Waals surface area (Å²) < 4.78 is 7.81. The van der Waals surface area contributed by atoms with Gasteiger partial charge in [0.15, 0.2) is 11.0 Å². The molecule has 7 heteroatoms. The van der Waals surface area contributed by atoms with Crippen molar-refractivity contribution in [2.24, 2.45) is 0 Å². The minimum Gasteiger partial charge on any atom is -0.444 e. The molecule has 158 valence electrons. The van der Waals surface area contributed by atoms with Gasteiger partial charge in [0.2, 0.25) is 5.89 Å². The number of pyridine rings is 1. The highest BCUT2D eigenvalue weighted by Crippen LogP contribution is 2.31. The highest BCUT2D eigenvalue weighted by molar-refractivity contribution is 7.98. The summed E-state index contributed by atoms with van der Waals surface area (Å²) in [5, 5.41) is 9.79. The lowest BCUT2D eigenvalue weighted by Gasteiger charge is -2.12. The molecule has 0 radical (unpaired) electrons. The number of hydrogen-bond acceptors (Lipinski definition) is 6. The van der Waals surface area contributed by atoms with Crippen molar-refractivity contribution in [3.8, 4) is 28.5 Å². The molecule has 0 unspecified atom stereocenters. The topological polar surface area (TPSA) is 69.6 Å². The number of benzene rings is 2. The molecule has 0 bridgehead atoms. The van der Waals surface area contributed by atoms with Crippen LogP contribution in [0.15, 0.2) is 88.9 Å². The SMILES string of the molecule is Cc1ccc(-c2nc(CSc3nnc(-c4ccncc4)n3-c3ccccc3C)co2)cc1. The van der Waals surface area contributed by atoms with Crippen molar-refractivity contribution in [3.63, 3.8) is 0 Å². The number of thioether (sulfide) groups is 1. The molecular weight excluding hydrogens is 418 g/mol. The van der Waals surface area contributed by atoms with Gasteiger partial charge in [0, 0.05) is 29.3 Å². The van der Waals surface area contributed by atoms with Crippen LogP contribution >= 0.6 is 11.8 Å². The van der Waals surface area contributed by atoms with Gasteiger partial charge >= 0.3 is 0 Å². The Morgan fingerprint density at radius 2 is 1.66 bits per heavy atom. The first-order chi connectivity index (χ1) is 15.7. The molecule has 32 heavy (non-hydrogen) atoms. The van der Waals surface area contributed by atoms with Crippen LogP contribution in [-0.4, -0.2) is 24.7 Å². The molecule has 5 rings (SSSR count). The summed E-state index contributed by atoms with van der Waals surface area (Å²) in [5.74, 6) is 2.03. The third kappa shape index (κ3) is 4.07. The summed E-state index contributed by atoms with van der Waals surface area (Å²) in [4.78, 5) is 8.78. The standard InChI is InChI=1S/C25H21N5OS/c1-17-7-9-20(10-8-17)24-27-21(15-31-24)16-32-25-29-28-23(19-11-13-26-14-12-19)30(25)22-6-4-3-5-18(22)2/h3-15H,16H2,1-2H3. The van der Waals surface area contributed by atoms with E-state index in [2.05, 4.69) is 62.8 Å². The van der Waals surface area contributed by atoms with Crippen LogP contribution in [0.2, 0.25) is 0 Å². The molecule has 0 saturated heterocycles. The van der Waals surface area contributed by atoms with E-state index in [4.69, 9.17) is 4.42 Å². The summed E-state index contributed by atoms with van der Waals surface area (Å²) in [6.07, 6.45) is 5.24. The van der Waals surface area contributed by atoms with Gasteiger partial charge in [0.1, 0.15) is 6.26 Å². The van der Waals surface area contributed by atoms with E-state index in [1.807, 2.05) is 36.4 Å². The minimum absolute atomic E-state index is 0.621. The molecule has 0 fully saturated rings. The molecule has 0 N–H and O–H groups in total. The van der Waals surface area contributed by atoms with Crippen molar-refractivity contribution < 1.29 is 4.42 Å². The lowest BCUT2D eigenvalue weighted by atomic mass is 10.1. The van der Waals surface area contributed by atoms with E-state index in [-0.39, 0.29) is 0 Å². The Morgan fingerprint density at radius 1 is 0.875 bits per heavy atom. The quantitative estimate of drug-likeness (QED) is 0.307. The van der Waals surface area contributed by atoms with Crippen LogP contribution in [0.4, 0.5) is 0 Å². The lowest BCUT2D eigenvalue weighted by molar-refractivity contribution is 0.573. The highest BCUT2D eigenvalue weighted by Gasteiger charge is 2.18. The molecule has 2 aromatic carbocycles. The predicted molar refractivity (Wildman–Crippen MR) is 126 cm³/mol. The van der Waals surface area contributed by atoms with Crippen molar-refractivity contribution in [2.75, 3.05) is 0 Å². The first-order valence-corrected chi connectivity index (χ1v) is 11.2. The molecule has 0 amide bonds. The van der Waals surface area contributed by atoms with Gasteiger partial charge < -0.3 is 4.42 Å². The molecule has 0 aliphatic heterocycles. The fraction of sp³-hybridized carbons (Fsp3) is 0.120. The predicted octanol–water partition coefficient (Wildman–Crippen LogP) is 5.89. The van der Waals surface area contributed by atoms with Crippen molar-refractivity contribution in [1.82, 2.24) is 24.7 Å². The Bertz CT molecular complexity index is 1340. The van der Waals surface area contributed by atoms with Crippen LogP contribution in [0.5, 0.6) is 0 Å². The number of aryl methyl sites for hydroxylation is 2. The Kier molecular flexibility index (Phi) is 5.56. The summed E-state index contributed by atoms with van der Waals surface area (Å²) in [6.45, 7) is 4.15. The zero-order chi connectivity index (χ0) is 21.9. The fourth-order valence-corrected chi connectivity index (χ4v) is 4.25. The normalized spacial score (nSPS) is 11.1. The second kappa shape index (κ2) is 8.80. The number of aromatic nitrogens is 5. The molecule has 0 aliphatic rings. The number of rotatable bonds is 6. The first-order valence-electron chi connectivity index (χ1n) is 10.2. The molecule has 0 aliphatic carbocycles. The minimum atomic E-state index is 0.621. The molecule has 0 saturated carbocycles. The molecule has 0 spiro atoms. The van der Waals surface area contributed by atoms with Crippen LogP contribution in [0.25, 0.3) is 28.5 Å². The molecule has 3 aromatic heterocycles. The van der Waals surface area contributed by atoms with Gasteiger partial charge in [0.25, 0.3) is 0 Å². The summed E-state index contributed by atoms with van der Waals surface area (Å²) in [5.41, 5.74) is 6.19. The molecule has 0 atom stereocenters. The van der Waals surface area contributed by atoms with E-state index in [0.29, 0.717) is 11.6 Å². The van der Waals surface area contributed by atoms with Crippen molar-refractivity contribution in [3.05, 3.63) is 96.1 Å². The van der Waals surface area contributed by atoms with E-state index < -0.39 is 0 Å². The van der Waals surface area contributed by atoms with Crippen LogP contribution in [0, 0.1) is 13.8 Å². The van der Waals surface area contributed by atoms with Gasteiger partial charge in [-0.15, -0.1) is 10.2 Å². The molecular formula is C25H21N5OS. The number of oxazole rings is 1.